The number of aromatic nitrogens is 1. The van der Waals surface area contributed by atoms with Crippen LogP contribution in [0.15, 0.2) is 44.7 Å². The number of hydrogen-bond acceptors (Lipinski definition) is 5. The number of hydrogen-bond donors (Lipinski definition) is 2. The van der Waals surface area contributed by atoms with Crippen LogP contribution in [0.3, 0.4) is 0 Å². The zero-order chi connectivity index (χ0) is 20.6. The van der Waals surface area contributed by atoms with Crippen molar-refractivity contribution in [3.05, 3.63) is 47.3 Å². The monoisotopic (exact) mass is 534 g/mol. The van der Waals surface area contributed by atoms with E-state index in [-0.39, 0.29) is 24.0 Å². The van der Waals surface area contributed by atoms with Gasteiger partial charge < -0.3 is 15.2 Å². The standard InChI is InChI=1S/C20H30N4O3S.HI/c1-5-16(6-2)19-12-17(27-24-19)14-23-20(21-7-3)22-13-15-8-10-18(11-9-15)28(4,25)26;/h8-12,16H,5-7,13-14H2,1-4H3,(H2,21,22,23);1H. The lowest BCUT2D eigenvalue weighted by Crippen LogP contribution is -2.36. The highest BCUT2D eigenvalue weighted by Gasteiger charge is 2.13. The Morgan fingerprint density at radius 1 is 1.14 bits per heavy atom. The lowest BCUT2D eigenvalue weighted by atomic mass is 9.99. The fourth-order valence-corrected chi connectivity index (χ4v) is 3.47. The number of nitrogens with zero attached hydrogens (tertiary/aromatic N) is 2. The van der Waals surface area contributed by atoms with Gasteiger partial charge in [0.05, 0.1) is 23.7 Å². The fourth-order valence-electron chi connectivity index (χ4n) is 2.84. The van der Waals surface area contributed by atoms with E-state index in [1.54, 1.807) is 24.3 Å². The third kappa shape index (κ3) is 7.96. The van der Waals surface area contributed by atoms with Gasteiger partial charge in [0, 0.05) is 24.8 Å². The van der Waals surface area contributed by atoms with Crippen LogP contribution in [0.4, 0.5) is 0 Å². The summed E-state index contributed by atoms with van der Waals surface area (Å²) in [6.07, 6.45) is 3.28. The Labute approximate surface area is 190 Å². The van der Waals surface area contributed by atoms with E-state index in [9.17, 15) is 8.42 Å². The van der Waals surface area contributed by atoms with Crippen LogP contribution < -0.4 is 10.6 Å². The van der Waals surface area contributed by atoms with Gasteiger partial charge in [-0.3, -0.25) is 0 Å². The highest BCUT2D eigenvalue weighted by atomic mass is 127. The molecule has 29 heavy (non-hydrogen) atoms. The van der Waals surface area contributed by atoms with Gasteiger partial charge in [0.1, 0.15) is 0 Å². The first-order chi connectivity index (χ1) is 13.4. The molecule has 162 valence electrons. The van der Waals surface area contributed by atoms with Crippen molar-refractivity contribution in [1.29, 1.82) is 0 Å². The van der Waals surface area contributed by atoms with Gasteiger partial charge in [0.2, 0.25) is 0 Å². The Morgan fingerprint density at radius 2 is 1.79 bits per heavy atom. The summed E-state index contributed by atoms with van der Waals surface area (Å²) in [7, 11) is -3.18. The van der Waals surface area contributed by atoms with E-state index in [1.165, 1.54) is 6.26 Å². The lowest BCUT2D eigenvalue weighted by Gasteiger charge is -2.10. The summed E-state index contributed by atoms with van der Waals surface area (Å²) in [4.78, 5) is 4.86. The Kier molecular flexibility index (Phi) is 10.7. The molecule has 7 nitrogen and oxygen atoms in total. The minimum atomic E-state index is -3.18. The average Bonchev–Trinajstić information content (AvgIpc) is 3.13. The molecule has 0 aliphatic heterocycles. The Morgan fingerprint density at radius 3 is 2.34 bits per heavy atom. The molecule has 1 heterocycles. The maximum Gasteiger partial charge on any atom is 0.191 e. The number of halogens is 1. The molecule has 0 fully saturated rings. The van der Waals surface area contributed by atoms with E-state index >= 15 is 0 Å². The van der Waals surface area contributed by atoms with Gasteiger partial charge >= 0.3 is 0 Å². The Balaban J connectivity index is 0.00000420. The van der Waals surface area contributed by atoms with Gasteiger partial charge in [0.25, 0.3) is 0 Å². The second-order valence-corrected chi connectivity index (χ2v) is 8.71. The van der Waals surface area contributed by atoms with Crippen molar-refractivity contribution in [3.63, 3.8) is 0 Å². The third-order valence-corrected chi connectivity index (χ3v) is 5.66. The van der Waals surface area contributed by atoms with Crippen molar-refractivity contribution in [1.82, 2.24) is 15.8 Å². The van der Waals surface area contributed by atoms with Crippen molar-refractivity contribution >= 4 is 39.8 Å². The maximum absolute atomic E-state index is 11.5. The van der Waals surface area contributed by atoms with Gasteiger partial charge in [-0.1, -0.05) is 31.1 Å². The van der Waals surface area contributed by atoms with Crippen molar-refractivity contribution in [2.45, 2.75) is 57.5 Å². The smallest absolute Gasteiger partial charge is 0.191 e. The molecule has 0 aliphatic rings. The number of rotatable bonds is 9. The number of aliphatic imine (C=N–C) groups is 1. The molecule has 0 aliphatic carbocycles. The van der Waals surface area contributed by atoms with Gasteiger partial charge in [-0.25, -0.2) is 13.4 Å². The number of benzene rings is 1. The molecule has 0 saturated carbocycles. The number of guanidine groups is 1. The molecular formula is C20H31IN4O3S. The minimum absolute atomic E-state index is 0. The molecule has 0 amide bonds. The van der Waals surface area contributed by atoms with Gasteiger partial charge in [-0.2, -0.15) is 0 Å². The van der Waals surface area contributed by atoms with E-state index in [4.69, 9.17) is 4.52 Å². The van der Waals surface area contributed by atoms with Crippen LogP contribution in [0.25, 0.3) is 0 Å². The summed E-state index contributed by atoms with van der Waals surface area (Å²) < 4.78 is 28.5. The maximum atomic E-state index is 11.5. The zero-order valence-electron chi connectivity index (χ0n) is 17.4. The van der Waals surface area contributed by atoms with Crippen molar-refractivity contribution < 1.29 is 12.9 Å². The summed E-state index contributed by atoms with van der Waals surface area (Å²) in [5.74, 6) is 1.86. The van der Waals surface area contributed by atoms with Crippen LogP contribution >= 0.6 is 24.0 Å². The van der Waals surface area contributed by atoms with Gasteiger partial charge in [-0.15, -0.1) is 24.0 Å². The molecule has 0 bridgehead atoms. The van der Waals surface area contributed by atoms with Crippen LogP contribution in [0, 0.1) is 0 Å². The molecule has 1 aromatic carbocycles. The molecule has 9 heteroatoms. The lowest BCUT2D eigenvalue weighted by molar-refractivity contribution is 0.368. The predicted molar refractivity (Wildman–Crippen MR) is 126 cm³/mol. The summed E-state index contributed by atoms with van der Waals surface area (Å²) in [5, 5.41) is 10.6. The first-order valence-electron chi connectivity index (χ1n) is 9.64. The summed E-state index contributed by atoms with van der Waals surface area (Å²) in [6.45, 7) is 7.96. The summed E-state index contributed by atoms with van der Waals surface area (Å²) >= 11 is 0. The second-order valence-electron chi connectivity index (χ2n) is 6.70. The highest BCUT2D eigenvalue weighted by molar-refractivity contribution is 14.0. The Hall–Kier alpha value is -1.62. The van der Waals surface area contributed by atoms with Crippen LogP contribution in [0.2, 0.25) is 0 Å². The molecular weight excluding hydrogens is 503 g/mol. The van der Waals surface area contributed by atoms with Crippen LogP contribution in [0.1, 0.15) is 56.5 Å². The van der Waals surface area contributed by atoms with Crippen molar-refractivity contribution in [2.75, 3.05) is 12.8 Å². The molecule has 2 rings (SSSR count). The first kappa shape index (κ1) is 25.4. The van der Waals surface area contributed by atoms with Crippen molar-refractivity contribution in [2.24, 2.45) is 4.99 Å². The van der Waals surface area contributed by atoms with Gasteiger partial charge in [0.15, 0.2) is 21.6 Å². The molecule has 0 spiro atoms. The van der Waals surface area contributed by atoms with E-state index in [1.807, 2.05) is 13.0 Å². The molecule has 2 aromatic rings. The van der Waals surface area contributed by atoms with Crippen LogP contribution in [0.5, 0.6) is 0 Å². The molecule has 0 atom stereocenters. The Bertz CT molecular complexity index is 875. The quantitative estimate of drug-likeness (QED) is 0.288. The van der Waals surface area contributed by atoms with Crippen molar-refractivity contribution in [3.8, 4) is 0 Å². The van der Waals surface area contributed by atoms with Crippen LogP contribution in [-0.2, 0) is 22.9 Å². The molecule has 2 N–H and O–H groups in total. The topological polar surface area (TPSA) is 96.6 Å². The third-order valence-electron chi connectivity index (χ3n) is 4.53. The highest BCUT2D eigenvalue weighted by Crippen LogP contribution is 2.22. The van der Waals surface area contributed by atoms with Gasteiger partial charge in [-0.05, 0) is 37.5 Å². The zero-order valence-corrected chi connectivity index (χ0v) is 20.6. The summed E-state index contributed by atoms with van der Waals surface area (Å²) in [5.41, 5.74) is 1.93. The van der Waals surface area contributed by atoms with E-state index in [0.29, 0.717) is 29.9 Å². The largest absolute Gasteiger partial charge is 0.359 e. The minimum Gasteiger partial charge on any atom is -0.359 e. The molecule has 0 unspecified atom stereocenters. The normalized spacial score (nSPS) is 12.0. The first-order valence-corrected chi connectivity index (χ1v) is 11.5. The van der Waals surface area contributed by atoms with E-state index in [0.717, 1.165) is 36.4 Å². The number of sulfone groups is 1. The SMILES string of the molecule is CCNC(=NCc1ccc(S(C)(=O)=O)cc1)NCc1cc(C(CC)CC)no1.I. The van der Waals surface area contributed by atoms with E-state index < -0.39 is 9.84 Å². The summed E-state index contributed by atoms with van der Waals surface area (Å²) in [6, 6.07) is 8.77. The fraction of sp³-hybridized carbons (Fsp3) is 0.500. The number of nitrogens with one attached hydrogen (secondary N) is 2. The molecule has 1 aromatic heterocycles. The molecule has 0 radical (unpaired) electrons. The second kappa shape index (κ2) is 12.2. The van der Waals surface area contributed by atoms with E-state index in [2.05, 4.69) is 34.6 Å². The molecule has 0 saturated heterocycles. The average molecular weight is 534 g/mol. The predicted octanol–water partition coefficient (Wildman–Crippen LogP) is 3.86. The van der Waals surface area contributed by atoms with Crippen LogP contribution in [-0.4, -0.2) is 32.3 Å².